The van der Waals surface area contributed by atoms with E-state index in [0.29, 0.717) is 6.42 Å². The molecule has 0 spiro atoms. The highest BCUT2D eigenvalue weighted by atomic mass is 16.5. The molecule has 1 N–H and O–H groups in total. The van der Waals surface area contributed by atoms with Crippen LogP contribution in [0.5, 0.6) is 0 Å². The fourth-order valence-electron chi connectivity index (χ4n) is 3.74. The Morgan fingerprint density at radius 2 is 2.10 bits per heavy atom. The molecule has 110 valence electrons. The number of benzene rings is 1. The highest BCUT2D eigenvalue weighted by molar-refractivity contribution is 5.31. The molecule has 2 unspecified atom stereocenters. The summed E-state index contributed by atoms with van der Waals surface area (Å²) in [4.78, 5) is 0. The topological polar surface area (TPSA) is 38.7 Å². The van der Waals surface area contributed by atoms with Crippen molar-refractivity contribution < 1.29 is 14.6 Å². The lowest BCUT2D eigenvalue weighted by atomic mass is 9.86. The molecule has 3 heteroatoms. The molecule has 0 amide bonds. The van der Waals surface area contributed by atoms with Crippen LogP contribution >= 0.6 is 0 Å². The van der Waals surface area contributed by atoms with Gasteiger partial charge < -0.3 is 14.6 Å². The number of aliphatic hydroxyl groups is 1. The molecular formula is C17H24O3. The summed E-state index contributed by atoms with van der Waals surface area (Å²) in [5.74, 6) is 0. The van der Waals surface area contributed by atoms with Gasteiger partial charge in [0.15, 0.2) is 0 Å². The molecule has 1 heterocycles. The molecule has 2 atom stereocenters. The maximum atomic E-state index is 10.7. The first kappa shape index (κ1) is 14.1. The largest absolute Gasteiger partial charge is 0.390 e. The van der Waals surface area contributed by atoms with Gasteiger partial charge in [0.1, 0.15) is 0 Å². The van der Waals surface area contributed by atoms with Crippen LogP contribution in [0.3, 0.4) is 0 Å². The van der Waals surface area contributed by atoms with Gasteiger partial charge in [-0.2, -0.15) is 0 Å². The molecule has 3 nitrogen and oxygen atoms in total. The molecule has 1 aliphatic heterocycles. The number of hydrogen-bond acceptors (Lipinski definition) is 3. The van der Waals surface area contributed by atoms with E-state index in [4.69, 9.17) is 9.47 Å². The standard InChI is InChI=1S/C17H24O3/c1-19-17(9-4-5-10-17)16(18)12-15-14-7-3-2-6-13(14)8-11-20-15/h2-3,6-7,15-16,18H,4-5,8-12H2,1H3. The molecule has 0 bridgehead atoms. The van der Waals surface area contributed by atoms with Gasteiger partial charge in [0, 0.05) is 13.5 Å². The minimum absolute atomic E-state index is 0.00238. The Morgan fingerprint density at radius 3 is 2.85 bits per heavy atom. The average molecular weight is 276 g/mol. The van der Waals surface area contributed by atoms with Crippen LogP contribution in [-0.2, 0) is 15.9 Å². The van der Waals surface area contributed by atoms with E-state index in [-0.39, 0.29) is 11.7 Å². The summed E-state index contributed by atoms with van der Waals surface area (Å²) < 4.78 is 11.6. The van der Waals surface area contributed by atoms with E-state index >= 15 is 0 Å². The Bertz CT molecular complexity index is 451. The molecule has 3 rings (SSSR count). The SMILES string of the molecule is COC1(C(O)CC2OCCc3ccccc32)CCCC1. The Morgan fingerprint density at radius 1 is 1.35 bits per heavy atom. The van der Waals surface area contributed by atoms with Crippen molar-refractivity contribution in [1.82, 2.24) is 0 Å². The summed E-state index contributed by atoms with van der Waals surface area (Å²) >= 11 is 0. The molecule has 1 aromatic rings. The first-order valence-electron chi connectivity index (χ1n) is 7.68. The monoisotopic (exact) mass is 276 g/mol. The van der Waals surface area contributed by atoms with Gasteiger partial charge in [0.25, 0.3) is 0 Å². The van der Waals surface area contributed by atoms with Crippen molar-refractivity contribution in [3.8, 4) is 0 Å². The summed E-state index contributed by atoms with van der Waals surface area (Å²) in [5, 5.41) is 10.7. The van der Waals surface area contributed by atoms with Crippen molar-refractivity contribution in [1.29, 1.82) is 0 Å². The molecule has 2 aliphatic rings. The minimum Gasteiger partial charge on any atom is -0.390 e. The Kier molecular flexibility index (Phi) is 4.11. The van der Waals surface area contributed by atoms with Gasteiger partial charge in [0.2, 0.25) is 0 Å². The first-order chi connectivity index (χ1) is 9.75. The van der Waals surface area contributed by atoms with Gasteiger partial charge >= 0.3 is 0 Å². The second-order valence-corrected chi connectivity index (χ2v) is 6.04. The second-order valence-electron chi connectivity index (χ2n) is 6.04. The van der Waals surface area contributed by atoms with Crippen LogP contribution in [0, 0.1) is 0 Å². The maximum absolute atomic E-state index is 10.7. The third kappa shape index (κ3) is 2.50. The van der Waals surface area contributed by atoms with Crippen LogP contribution in [0.1, 0.15) is 49.3 Å². The smallest absolute Gasteiger partial charge is 0.0937 e. The van der Waals surface area contributed by atoms with Crippen LogP contribution in [0.15, 0.2) is 24.3 Å². The number of fused-ring (bicyclic) bond motifs is 1. The van der Waals surface area contributed by atoms with Crippen LogP contribution in [-0.4, -0.2) is 30.5 Å². The third-order valence-corrected chi connectivity index (χ3v) is 4.99. The van der Waals surface area contributed by atoms with Crippen LogP contribution in [0.4, 0.5) is 0 Å². The summed E-state index contributed by atoms with van der Waals surface area (Å²) in [6.45, 7) is 0.744. The molecule has 0 saturated heterocycles. The van der Waals surface area contributed by atoms with Crippen molar-refractivity contribution >= 4 is 0 Å². The van der Waals surface area contributed by atoms with Crippen molar-refractivity contribution in [3.05, 3.63) is 35.4 Å². The maximum Gasteiger partial charge on any atom is 0.0937 e. The predicted octanol–water partition coefficient (Wildman–Crippen LogP) is 3.01. The van der Waals surface area contributed by atoms with Crippen molar-refractivity contribution in [2.45, 2.75) is 56.3 Å². The lowest BCUT2D eigenvalue weighted by molar-refractivity contribution is -0.118. The van der Waals surface area contributed by atoms with Crippen molar-refractivity contribution in [2.24, 2.45) is 0 Å². The van der Waals surface area contributed by atoms with E-state index in [1.807, 2.05) is 0 Å². The highest BCUT2D eigenvalue weighted by Crippen LogP contribution is 2.40. The number of aliphatic hydroxyl groups excluding tert-OH is 1. The number of hydrogen-bond donors (Lipinski definition) is 1. The number of methoxy groups -OCH3 is 1. The zero-order valence-corrected chi connectivity index (χ0v) is 12.2. The Labute approximate surface area is 120 Å². The fraction of sp³-hybridized carbons (Fsp3) is 0.647. The van der Waals surface area contributed by atoms with E-state index in [9.17, 15) is 5.11 Å². The second kappa shape index (κ2) is 5.84. The lowest BCUT2D eigenvalue weighted by Crippen LogP contribution is -2.43. The van der Waals surface area contributed by atoms with Gasteiger partial charge in [0.05, 0.1) is 24.4 Å². The Balaban J connectivity index is 1.75. The van der Waals surface area contributed by atoms with Crippen LogP contribution in [0.25, 0.3) is 0 Å². The minimum atomic E-state index is -0.453. The molecule has 1 aromatic carbocycles. The van der Waals surface area contributed by atoms with E-state index in [0.717, 1.165) is 38.7 Å². The highest BCUT2D eigenvalue weighted by Gasteiger charge is 2.42. The van der Waals surface area contributed by atoms with Crippen LogP contribution in [0.2, 0.25) is 0 Å². The van der Waals surface area contributed by atoms with Gasteiger partial charge in [-0.05, 0) is 30.4 Å². The van der Waals surface area contributed by atoms with Gasteiger partial charge in [-0.15, -0.1) is 0 Å². The average Bonchev–Trinajstić information content (AvgIpc) is 2.98. The summed E-state index contributed by atoms with van der Waals surface area (Å²) in [7, 11) is 1.73. The fourth-order valence-corrected chi connectivity index (χ4v) is 3.74. The van der Waals surface area contributed by atoms with E-state index in [1.54, 1.807) is 7.11 Å². The molecule has 20 heavy (non-hydrogen) atoms. The van der Waals surface area contributed by atoms with E-state index in [1.165, 1.54) is 11.1 Å². The molecule has 1 saturated carbocycles. The van der Waals surface area contributed by atoms with Gasteiger partial charge in [-0.3, -0.25) is 0 Å². The normalized spacial score (nSPS) is 26.2. The molecule has 1 fully saturated rings. The third-order valence-electron chi connectivity index (χ3n) is 4.99. The number of ether oxygens (including phenoxy) is 2. The molecule has 0 aromatic heterocycles. The predicted molar refractivity (Wildman–Crippen MR) is 77.7 cm³/mol. The molecular weight excluding hydrogens is 252 g/mol. The quantitative estimate of drug-likeness (QED) is 0.918. The summed E-state index contributed by atoms with van der Waals surface area (Å²) in [6, 6.07) is 8.42. The van der Waals surface area contributed by atoms with Crippen LogP contribution < -0.4 is 0 Å². The summed E-state index contributed by atoms with van der Waals surface area (Å²) in [6.07, 6.45) is 5.36. The molecule has 0 radical (unpaired) electrons. The van der Waals surface area contributed by atoms with E-state index < -0.39 is 6.10 Å². The number of rotatable bonds is 4. The van der Waals surface area contributed by atoms with Crippen molar-refractivity contribution in [3.63, 3.8) is 0 Å². The Hall–Kier alpha value is -0.900. The van der Waals surface area contributed by atoms with E-state index in [2.05, 4.69) is 24.3 Å². The van der Waals surface area contributed by atoms with Gasteiger partial charge in [-0.1, -0.05) is 37.1 Å². The first-order valence-corrected chi connectivity index (χ1v) is 7.68. The zero-order chi connectivity index (χ0) is 14.0. The summed E-state index contributed by atoms with van der Waals surface area (Å²) in [5.41, 5.74) is 2.24. The molecule has 1 aliphatic carbocycles. The van der Waals surface area contributed by atoms with Gasteiger partial charge in [-0.25, -0.2) is 0 Å². The zero-order valence-electron chi connectivity index (χ0n) is 12.2. The van der Waals surface area contributed by atoms with Crippen molar-refractivity contribution in [2.75, 3.05) is 13.7 Å². The lowest BCUT2D eigenvalue weighted by Gasteiger charge is -2.36.